The number of nitrogens with one attached hydrogen (secondary N) is 2. The van der Waals surface area contributed by atoms with Gasteiger partial charge < -0.3 is 15.2 Å². The highest BCUT2D eigenvalue weighted by Crippen LogP contribution is 2.59. The van der Waals surface area contributed by atoms with Gasteiger partial charge in [0.05, 0.1) is 5.75 Å². The molecule has 4 saturated carbocycles. The fraction of sp³-hybridized carbons (Fsp3) is 0.565. The van der Waals surface area contributed by atoms with Crippen molar-refractivity contribution in [2.75, 3.05) is 17.6 Å². The number of aryl methyl sites for hydroxylation is 1. The van der Waals surface area contributed by atoms with Crippen LogP contribution in [0.1, 0.15) is 48.9 Å². The molecule has 1 heterocycles. The average Bonchev–Trinajstić information content (AvgIpc) is 3.14. The highest BCUT2D eigenvalue weighted by atomic mass is 32.2. The van der Waals surface area contributed by atoms with E-state index in [4.69, 9.17) is 0 Å². The third-order valence-electron chi connectivity index (χ3n) is 7.20. The summed E-state index contributed by atoms with van der Waals surface area (Å²) >= 11 is 1.32. The molecule has 1 aromatic heterocycles. The molecule has 6 rings (SSSR count). The predicted octanol–water partition coefficient (Wildman–Crippen LogP) is 3.49. The molecular formula is C23H29N5O2S. The Balaban J connectivity index is 1.16. The fourth-order valence-electron chi connectivity index (χ4n) is 6.34. The van der Waals surface area contributed by atoms with Crippen LogP contribution in [0.4, 0.5) is 5.69 Å². The Morgan fingerprint density at radius 3 is 2.52 bits per heavy atom. The zero-order valence-electron chi connectivity index (χ0n) is 17.8. The minimum Gasteiger partial charge on any atom is -0.351 e. The molecule has 4 aliphatic carbocycles. The van der Waals surface area contributed by atoms with Crippen molar-refractivity contribution in [1.29, 1.82) is 0 Å². The van der Waals surface area contributed by atoms with Crippen LogP contribution in [0.25, 0.3) is 0 Å². The molecule has 0 spiro atoms. The number of carbonyl (C=O) groups is 2. The monoisotopic (exact) mass is 439 g/mol. The first-order valence-corrected chi connectivity index (χ1v) is 12.1. The number of nitrogens with zero attached hydrogens (tertiary/aromatic N) is 3. The Morgan fingerprint density at radius 1 is 1.16 bits per heavy atom. The molecule has 7 nitrogen and oxygen atoms in total. The number of anilines is 1. The standard InChI is InChI=1S/C23H29N5O2S/c1-28-14-25-27-22(28)31-12-20(29)26-19-4-2-3-18(8-19)21(30)24-13-23-9-15-5-16(10-23)7-17(6-15)11-23/h2-4,8,14-17H,5-7,9-13H2,1H3,(H,24,30)(H,26,29). The Morgan fingerprint density at radius 2 is 1.87 bits per heavy atom. The van der Waals surface area contributed by atoms with Crippen LogP contribution in [0, 0.1) is 23.2 Å². The summed E-state index contributed by atoms with van der Waals surface area (Å²) in [6, 6.07) is 7.17. The Hall–Kier alpha value is -2.35. The molecule has 0 unspecified atom stereocenters. The third kappa shape index (κ3) is 4.49. The summed E-state index contributed by atoms with van der Waals surface area (Å²) in [4.78, 5) is 25.1. The molecule has 0 radical (unpaired) electrons. The largest absolute Gasteiger partial charge is 0.351 e. The van der Waals surface area contributed by atoms with Gasteiger partial charge in [-0.3, -0.25) is 9.59 Å². The lowest BCUT2D eigenvalue weighted by Crippen LogP contribution is -2.51. The second kappa shape index (κ2) is 8.30. The van der Waals surface area contributed by atoms with Gasteiger partial charge in [-0.25, -0.2) is 0 Å². The molecule has 164 valence electrons. The lowest BCUT2D eigenvalue weighted by atomic mass is 9.49. The van der Waals surface area contributed by atoms with Crippen LogP contribution in [0.15, 0.2) is 35.7 Å². The first kappa shape index (κ1) is 20.5. The van der Waals surface area contributed by atoms with Gasteiger partial charge in [0.25, 0.3) is 5.91 Å². The quantitative estimate of drug-likeness (QED) is 0.645. The number of benzene rings is 1. The van der Waals surface area contributed by atoms with E-state index < -0.39 is 0 Å². The molecule has 1 aromatic carbocycles. The highest BCUT2D eigenvalue weighted by molar-refractivity contribution is 7.99. The van der Waals surface area contributed by atoms with Crippen LogP contribution in [0.3, 0.4) is 0 Å². The van der Waals surface area contributed by atoms with Crippen molar-refractivity contribution in [3.63, 3.8) is 0 Å². The van der Waals surface area contributed by atoms with Crippen molar-refractivity contribution >= 4 is 29.3 Å². The summed E-state index contributed by atoms with van der Waals surface area (Å²) < 4.78 is 1.77. The molecule has 4 bridgehead atoms. The van der Waals surface area contributed by atoms with Crippen LogP contribution < -0.4 is 10.6 Å². The number of rotatable bonds is 7. The molecule has 2 amide bonds. The van der Waals surface area contributed by atoms with E-state index in [1.807, 2.05) is 13.1 Å². The van der Waals surface area contributed by atoms with Crippen molar-refractivity contribution in [3.8, 4) is 0 Å². The first-order valence-electron chi connectivity index (χ1n) is 11.1. The normalized spacial score (nSPS) is 28.5. The van der Waals surface area contributed by atoms with E-state index in [2.05, 4.69) is 20.8 Å². The number of hydrogen-bond donors (Lipinski definition) is 2. The van der Waals surface area contributed by atoms with Crippen molar-refractivity contribution in [3.05, 3.63) is 36.2 Å². The van der Waals surface area contributed by atoms with Crippen molar-refractivity contribution in [2.24, 2.45) is 30.2 Å². The lowest BCUT2D eigenvalue weighted by Gasteiger charge is -2.56. The maximum absolute atomic E-state index is 12.8. The van der Waals surface area contributed by atoms with Crippen molar-refractivity contribution < 1.29 is 9.59 Å². The Labute approximate surface area is 186 Å². The van der Waals surface area contributed by atoms with Gasteiger partial charge in [-0.1, -0.05) is 17.8 Å². The van der Waals surface area contributed by atoms with Gasteiger partial charge in [-0.15, -0.1) is 10.2 Å². The number of hydrogen-bond acceptors (Lipinski definition) is 5. The molecule has 2 N–H and O–H groups in total. The zero-order valence-corrected chi connectivity index (χ0v) is 18.7. The minimum absolute atomic E-state index is 0.0553. The zero-order chi connectivity index (χ0) is 21.4. The van der Waals surface area contributed by atoms with Gasteiger partial charge in [0.15, 0.2) is 5.16 Å². The van der Waals surface area contributed by atoms with Gasteiger partial charge in [0.1, 0.15) is 6.33 Å². The molecular weight excluding hydrogens is 410 g/mol. The van der Waals surface area contributed by atoms with Gasteiger partial charge in [-0.2, -0.15) is 0 Å². The van der Waals surface area contributed by atoms with E-state index in [0.717, 1.165) is 24.3 Å². The van der Waals surface area contributed by atoms with E-state index in [0.29, 0.717) is 21.8 Å². The van der Waals surface area contributed by atoms with Gasteiger partial charge in [0, 0.05) is 24.8 Å². The molecule has 0 aliphatic heterocycles. The summed E-state index contributed by atoms with van der Waals surface area (Å²) in [5, 5.41) is 14.5. The topological polar surface area (TPSA) is 88.9 Å². The fourth-order valence-corrected chi connectivity index (χ4v) is 7.03. The summed E-state index contributed by atoms with van der Waals surface area (Å²) in [7, 11) is 1.84. The molecule has 31 heavy (non-hydrogen) atoms. The maximum atomic E-state index is 12.8. The molecule has 0 saturated heterocycles. The number of thioether (sulfide) groups is 1. The summed E-state index contributed by atoms with van der Waals surface area (Å²) in [5.41, 5.74) is 1.53. The molecule has 0 atom stereocenters. The summed E-state index contributed by atoms with van der Waals surface area (Å²) in [6.45, 7) is 0.778. The van der Waals surface area contributed by atoms with Crippen molar-refractivity contribution in [1.82, 2.24) is 20.1 Å². The summed E-state index contributed by atoms with van der Waals surface area (Å²) in [5.74, 6) is 2.66. The minimum atomic E-state index is -0.140. The third-order valence-corrected chi connectivity index (χ3v) is 8.23. The molecule has 8 heteroatoms. The van der Waals surface area contributed by atoms with Gasteiger partial charge >= 0.3 is 0 Å². The van der Waals surface area contributed by atoms with Gasteiger partial charge in [-0.05, 0) is 79.9 Å². The molecule has 2 aromatic rings. The van der Waals surface area contributed by atoms with Crippen LogP contribution in [0.2, 0.25) is 0 Å². The Kier molecular flexibility index (Phi) is 5.50. The van der Waals surface area contributed by atoms with Gasteiger partial charge in [0.2, 0.25) is 5.91 Å². The van der Waals surface area contributed by atoms with E-state index >= 15 is 0 Å². The van der Waals surface area contributed by atoms with Crippen LogP contribution in [0.5, 0.6) is 0 Å². The first-order chi connectivity index (χ1) is 15.0. The van der Waals surface area contributed by atoms with E-state index in [1.165, 1.54) is 50.3 Å². The van der Waals surface area contributed by atoms with Crippen LogP contribution in [-0.4, -0.2) is 38.9 Å². The van der Waals surface area contributed by atoms with Crippen LogP contribution >= 0.6 is 11.8 Å². The number of carbonyl (C=O) groups excluding carboxylic acids is 2. The lowest BCUT2D eigenvalue weighted by molar-refractivity contribution is -0.113. The van der Waals surface area contributed by atoms with E-state index in [9.17, 15) is 9.59 Å². The van der Waals surface area contributed by atoms with E-state index in [-0.39, 0.29) is 17.6 Å². The van der Waals surface area contributed by atoms with Crippen molar-refractivity contribution in [2.45, 2.75) is 43.7 Å². The second-order valence-electron chi connectivity index (χ2n) is 9.74. The molecule has 4 aliphatic rings. The summed E-state index contributed by atoms with van der Waals surface area (Å²) in [6.07, 6.45) is 9.65. The predicted molar refractivity (Wildman–Crippen MR) is 120 cm³/mol. The average molecular weight is 440 g/mol. The van der Waals surface area contributed by atoms with E-state index in [1.54, 1.807) is 29.1 Å². The highest BCUT2D eigenvalue weighted by Gasteiger charge is 2.50. The Bertz CT molecular complexity index is 953. The number of amides is 2. The number of aromatic nitrogens is 3. The SMILES string of the molecule is Cn1cnnc1SCC(=O)Nc1cccc(C(=O)NCC23CC4CC(CC(C4)C2)C3)c1. The van der Waals surface area contributed by atoms with Crippen LogP contribution in [-0.2, 0) is 11.8 Å². The maximum Gasteiger partial charge on any atom is 0.251 e. The smallest absolute Gasteiger partial charge is 0.251 e. The second-order valence-corrected chi connectivity index (χ2v) is 10.7. The molecule has 4 fully saturated rings.